The number of hydrogen-bond acceptors (Lipinski definition) is 11. The minimum atomic E-state index is -3.50. The Labute approximate surface area is 270 Å². The Morgan fingerprint density at radius 3 is 1.91 bits per heavy atom. The van der Waals surface area contributed by atoms with Gasteiger partial charge in [-0.3, -0.25) is 0 Å². The van der Waals surface area contributed by atoms with Crippen molar-refractivity contribution in [1.29, 1.82) is 0 Å². The number of phenols is 1. The van der Waals surface area contributed by atoms with Crippen LogP contribution in [0.3, 0.4) is 0 Å². The second-order valence-electron chi connectivity index (χ2n) is 10.8. The van der Waals surface area contributed by atoms with Crippen LogP contribution in [0.25, 0.3) is 10.8 Å². The average Bonchev–Trinajstić information content (AvgIpc) is 3.00. The third-order valence-corrected chi connectivity index (χ3v) is 11.1. The van der Waals surface area contributed by atoms with E-state index in [2.05, 4.69) is 25.8 Å². The summed E-state index contributed by atoms with van der Waals surface area (Å²) in [6.07, 6.45) is 0.999. The Morgan fingerprint density at radius 2 is 1.30 bits per heavy atom. The molecule has 4 aromatic rings. The van der Waals surface area contributed by atoms with Crippen LogP contribution in [-0.4, -0.2) is 47.1 Å². The van der Waals surface area contributed by atoms with E-state index in [-0.39, 0.29) is 38.4 Å². The number of phenolic OH excluding ortho intramolecular Hbond substituents is 1. The first-order chi connectivity index (χ1) is 21.9. The lowest BCUT2D eigenvalue weighted by Crippen LogP contribution is -2.05. The topological polar surface area (TPSA) is 159 Å². The lowest BCUT2D eigenvalue weighted by atomic mass is 10.0. The van der Waals surface area contributed by atoms with Gasteiger partial charge in [0.2, 0.25) is 0 Å². The van der Waals surface area contributed by atoms with Gasteiger partial charge < -0.3 is 15.2 Å². The van der Waals surface area contributed by atoms with Crippen molar-refractivity contribution in [1.82, 2.24) is 0 Å². The minimum absolute atomic E-state index is 0.000771. The highest BCUT2D eigenvalue weighted by molar-refractivity contribution is 7.91. The molecule has 0 heterocycles. The van der Waals surface area contributed by atoms with Gasteiger partial charge in [0.25, 0.3) is 0 Å². The maximum Gasteiger partial charge on any atom is 0.178 e. The molecule has 13 heteroatoms. The van der Waals surface area contributed by atoms with Crippen LogP contribution >= 0.6 is 0 Å². The summed E-state index contributed by atoms with van der Waals surface area (Å²) in [5.74, 6) is 0.275. The van der Waals surface area contributed by atoms with Gasteiger partial charge in [0.05, 0.1) is 39.8 Å². The van der Waals surface area contributed by atoms with E-state index in [0.717, 1.165) is 0 Å². The molecule has 0 saturated carbocycles. The lowest BCUT2D eigenvalue weighted by molar-refractivity contribution is 0.415. The predicted molar refractivity (Wildman–Crippen MR) is 182 cm³/mol. The average molecular weight is 666 g/mol. The highest BCUT2D eigenvalue weighted by Crippen LogP contribution is 2.45. The first kappa shape index (κ1) is 34.5. The molecule has 244 valence electrons. The van der Waals surface area contributed by atoms with Crippen molar-refractivity contribution in [3.8, 4) is 11.5 Å². The summed E-state index contributed by atoms with van der Waals surface area (Å²) >= 11 is 0. The van der Waals surface area contributed by atoms with Gasteiger partial charge in [-0.1, -0.05) is 13.8 Å². The number of anilines is 1. The second-order valence-corrected chi connectivity index (χ2v) is 15.0. The summed E-state index contributed by atoms with van der Waals surface area (Å²) in [5, 5.41) is 33.4. The van der Waals surface area contributed by atoms with Crippen molar-refractivity contribution in [2.75, 3.05) is 30.5 Å². The minimum Gasteiger partial charge on any atom is -0.505 e. The SMILES string of the molecule is CCCS(=O)(=O)c1ccc(N=Nc2c(NCC)ccc3c(O)c(N=Nc4cc(S(=O)(=O)CCC)ccc4OC)c(C)cc23)c(C)c1. The van der Waals surface area contributed by atoms with E-state index in [9.17, 15) is 21.9 Å². The van der Waals surface area contributed by atoms with E-state index in [1.54, 1.807) is 45.0 Å². The van der Waals surface area contributed by atoms with E-state index in [1.807, 2.05) is 19.9 Å². The van der Waals surface area contributed by atoms with Gasteiger partial charge in [0.15, 0.2) is 25.4 Å². The molecule has 0 spiro atoms. The number of ether oxygens (including phenoxy) is 1. The maximum absolute atomic E-state index is 12.7. The van der Waals surface area contributed by atoms with Crippen LogP contribution in [0, 0.1) is 13.8 Å². The Bertz CT molecular complexity index is 2040. The number of nitrogens with zero attached hydrogens (tertiary/aromatic N) is 4. The van der Waals surface area contributed by atoms with Gasteiger partial charge in [0, 0.05) is 17.3 Å². The van der Waals surface area contributed by atoms with Crippen molar-refractivity contribution in [2.45, 2.75) is 57.3 Å². The van der Waals surface area contributed by atoms with Crippen molar-refractivity contribution >= 4 is 58.9 Å². The van der Waals surface area contributed by atoms with Crippen LogP contribution < -0.4 is 10.1 Å². The van der Waals surface area contributed by atoms with Gasteiger partial charge >= 0.3 is 0 Å². The molecule has 0 saturated heterocycles. The fourth-order valence-corrected chi connectivity index (χ4v) is 7.73. The molecular weight excluding hydrogens is 627 g/mol. The van der Waals surface area contributed by atoms with Gasteiger partial charge in [-0.25, -0.2) is 16.8 Å². The Hall–Kier alpha value is -4.36. The maximum atomic E-state index is 12.7. The zero-order valence-corrected chi connectivity index (χ0v) is 28.5. The molecule has 0 bridgehead atoms. The van der Waals surface area contributed by atoms with Crippen LogP contribution in [0.5, 0.6) is 11.5 Å². The number of rotatable bonds is 13. The molecule has 0 unspecified atom stereocenters. The third-order valence-electron chi connectivity index (χ3n) is 7.30. The lowest BCUT2D eigenvalue weighted by Gasteiger charge is -2.13. The summed E-state index contributed by atoms with van der Waals surface area (Å²) in [4.78, 5) is 0.362. The number of methoxy groups -OCH3 is 1. The number of benzene rings is 4. The molecule has 0 aromatic heterocycles. The van der Waals surface area contributed by atoms with E-state index in [1.165, 1.54) is 31.4 Å². The Morgan fingerprint density at radius 1 is 0.696 bits per heavy atom. The van der Waals surface area contributed by atoms with Crippen molar-refractivity contribution in [2.24, 2.45) is 20.5 Å². The number of hydrogen-bond donors (Lipinski definition) is 2. The second kappa shape index (κ2) is 14.4. The highest BCUT2D eigenvalue weighted by Gasteiger charge is 2.19. The zero-order valence-electron chi connectivity index (χ0n) is 26.8. The number of aromatic hydroxyl groups is 1. The zero-order chi connectivity index (χ0) is 33.6. The van der Waals surface area contributed by atoms with Gasteiger partial charge in [-0.05, 0) is 99.3 Å². The van der Waals surface area contributed by atoms with Gasteiger partial charge in [-0.15, -0.1) is 15.3 Å². The smallest absolute Gasteiger partial charge is 0.178 e. The number of aryl methyl sites for hydroxylation is 2. The van der Waals surface area contributed by atoms with Gasteiger partial charge in [0.1, 0.15) is 22.8 Å². The highest BCUT2D eigenvalue weighted by atomic mass is 32.2. The fraction of sp³-hybridized carbons (Fsp3) is 0.333. The van der Waals surface area contributed by atoms with Gasteiger partial charge in [-0.2, -0.15) is 5.11 Å². The molecule has 11 nitrogen and oxygen atoms in total. The van der Waals surface area contributed by atoms with Crippen LogP contribution in [-0.2, 0) is 19.7 Å². The normalized spacial score (nSPS) is 12.4. The number of sulfone groups is 2. The summed E-state index contributed by atoms with van der Waals surface area (Å²) in [7, 11) is -5.42. The van der Waals surface area contributed by atoms with Crippen LogP contribution in [0.4, 0.5) is 28.4 Å². The molecule has 4 aromatic carbocycles. The van der Waals surface area contributed by atoms with Crippen molar-refractivity contribution in [3.63, 3.8) is 0 Å². The molecule has 0 aliphatic carbocycles. The molecule has 0 aliphatic heterocycles. The van der Waals surface area contributed by atoms with E-state index >= 15 is 0 Å². The van der Waals surface area contributed by atoms with Crippen molar-refractivity contribution in [3.05, 3.63) is 65.7 Å². The first-order valence-corrected chi connectivity index (χ1v) is 18.3. The van der Waals surface area contributed by atoms with E-state index in [4.69, 9.17) is 4.74 Å². The molecule has 46 heavy (non-hydrogen) atoms. The molecule has 0 atom stereocenters. The predicted octanol–water partition coefficient (Wildman–Crippen LogP) is 8.80. The quantitative estimate of drug-likeness (QED) is 0.135. The van der Waals surface area contributed by atoms with Crippen LogP contribution in [0.15, 0.2) is 84.8 Å². The fourth-order valence-electron chi connectivity index (χ4n) is 4.98. The monoisotopic (exact) mass is 665 g/mol. The van der Waals surface area contributed by atoms with E-state index in [0.29, 0.717) is 64.1 Å². The number of azo groups is 2. The standard InChI is InChI=1S/C33H39N5O6S2/c1-7-16-45(40,41)23-10-13-27(21(4)18-23)35-38-32-26-19-22(5)31(33(39)25(26)12-14-28(32)34-9-3)37-36-29-20-24(11-15-30(29)44-6)46(42,43)17-8-2/h10-15,18-20,34,39H,7-9,16-17H2,1-6H3. The Kier molecular flexibility index (Phi) is 10.8. The van der Waals surface area contributed by atoms with Crippen LogP contribution in [0.1, 0.15) is 44.7 Å². The molecule has 0 aliphatic rings. The molecular formula is C33H39N5O6S2. The van der Waals surface area contributed by atoms with Crippen LogP contribution in [0.2, 0.25) is 0 Å². The molecule has 4 rings (SSSR count). The summed E-state index contributed by atoms with van der Waals surface area (Å²) in [6, 6.07) is 14.6. The third kappa shape index (κ3) is 7.37. The Balaban J connectivity index is 1.79. The summed E-state index contributed by atoms with van der Waals surface area (Å²) in [5.41, 5.74) is 3.36. The largest absolute Gasteiger partial charge is 0.505 e. The molecule has 0 amide bonds. The van der Waals surface area contributed by atoms with Crippen molar-refractivity contribution < 1.29 is 26.7 Å². The summed E-state index contributed by atoms with van der Waals surface area (Å²) < 4.78 is 55.8. The summed E-state index contributed by atoms with van der Waals surface area (Å²) in [6.45, 7) is 9.74. The molecule has 2 N–H and O–H groups in total. The molecule has 0 fully saturated rings. The number of fused-ring (bicyclic) bond motifs is 1. The molecule has 0 radical (unpaired) electrons. The first-order valence-electron chi connectivity index (χ1n) is 15.0. The number of nitrogens with one attached hydrogen (secondary N) is 1. The van der Waals surface area contributed by atoms with E-state index < -0.39 is 19.7 Å².